The predicted molar refractivity (Wildman–Crippen MR) is 125 cm³/mol. The summed E-state index contributed by atoms with van der Waals surface area (Å²) in [5.41, 5.74) is 0.771. The number of benzene rings is 2. The highest BCUT2D eigenvalue weighted by Crippen LogP contribution is 2.30. The minimum Gasteiger partial charge on any atom is -0.494 e. The Morgan fingerprint density at radius 3 is 2.65 bits per heavy atom. The van der Waals surface area contributed by atoms with Gasteiger partial charge in [0.05, 0.1) is 24.4 Å². The number of rotatable bonds is 7. The smallest absolute Gasteiger partial charge is 0.265 e. The highest BCUT2D eigenvalue weighted by molar-refractivity contribution is 6.01. The maximum Gasteiger partial charge on any atom is 0.265 e. The predicted octanol–water partition coefficient (Wildman–Crippen LogP) is 4.00. The van der Waals surface area contributed by atoms with Crippen molar-refractivity contribution in [3.8, 4) is 17.3 Å². The van der Waals surface area contributed by atoms with Crippen LogP contribution >= 0.6 is 0 Å². The molecule has 0 saturated carbocycles. The summed E-state index contributed by atoms with van der Waals surface area (Å²) in [4.78, 5) is 20.4. The maximum absolute atomic E-state index is 13.3. The van der Waals surface area contributed by atoms with Crippen molar-refractivity contribution in [3.05, 3.63) is 64.4 Å². The van der Waals surface area contributed by atoms with Gasteiger partial charge in [0, 0.05) is 23.0 Å². The molecule has 1 N–H and O–H groups in total. The summed E-state index contributed by atoms with van der Waals surface area (Å²) in [6, 6.07) is 15.0. The van der Waals surface area contributed by atoms with E-state index in [1.165, 1.54) is 11.0 Å². The van der Waals surface area contributed by atoms with Crippen LogP contribution in [0.4, 0.5) is 0 Å². The average Bonchev–Trinajstić information content (AvgIpc) is 3.25. The zero-order valence-corrected chi connectivity index (χ0v) is 18.1. The van der Waals surface area contributed by atoms with Gasteiger partial charge in [-0.2, -0.15) is 0 Å². The molecule has 0 aliphatic carbocycles. The van der Waals surface area contributed by atoms with Gasteiger partial charge in [0.2, 0.25) is 5.88 Å². The van der Waals surface area contributed by atoms with Crippen molar-refractivity contribution in [2.24, 2.45) is 4.99 Å². The molecular formula is C25H29N3O3. The van der Waals surface area contributed by atoms with Crippen LogP contribution in [0.2, 0.25) is 0 Å². The largest absolute Gasteiger partial charge is 0.494 e. The number of aromatic nitrogens is 1. The number of fused-ring (bicyclic) bond motifs is 1. The first-order chi connectivity index (χ1) is 15.2. The molecule has 0 spiro atoms. The second kappa shape index (κ2) is 9.35. The van der Waals surface area contributed by atoms with Crippen LogP contribution in [0.3, 0.4) is 0 Å². The van der Waals surface area contributed by atoms with E-state index in [-0.39, 0.29) is 11.4 Å². The molecule has 0 amide bonds. The van der Waals surface area contributed by atoms with Crippen LogP contribution in [0.25, 0.3) is 16.5 Å². The number of aliphatic imine (C=N–C) groups is 1. The Morgan fingerprint density at radius 2 is 1.87 bits per heavy atom. The molecule has 2 heterocycles. The van der Waals surface area contributed by atoms with E-state index in [9.17, 15) is 9.90 Å². The zero-order valence-electron chi connectivity index (χ0n) is 18.1. The Kier molecular flexibility index (Phi) is 6.37. The molecule has 6 heteroatoms. The number of ether oxygens (including phenoxy) is 1. The Bertz CT molecular complexity index is 1150. The first-order valence-corrected chi connectivity index (χ1v) is 11.0. The molecule has 1 unspecified atom stereocenters. The van der Waals surface area contributed by atoms with Gasteiger partial charge in [0.15, 0.2) is 0 Å². The SMILES string of the molecule is CCOc1ccccc1-n1c(O)c(C=NCC2CCCN2CC)c2ccccc2c1=O. The summed E-state index contributed by atoms with van der Waals surface area (Å²) < 4.78 is 7.04. The number of likely N-dealkylation sites (tertiary alicyclic amines) is 1. The topological polar surface area (TPSA) is 67.1 Å². The summed E-state index contributed by atoms with van der Waals surface area (Å²) in [6.45, 7) is 7.34. The second-order valence-corrected chi connectivity index (χ2v) is 7.74. The molecule has 2 aromatic carbocycles. The average molecular weight is 420 g/mol. The van der Waals surface area contributed by atoms with Gasteiger partial charge in [-0.1, -0.05) is 37.3 Å². The molecule has 1 aliphatic rings. The van der Waals surface area contributed by atoms with E-state index in [0.29, 0.717) is 47.0 Å². The fourth-order valence-corrected chi connectivity index (χ4v) is 4.42. The lowest BCUT2D eigenvalue weighted by Gasteiger charge is -2.20. The summed E-state index contributed by atoms with van der Waals surface area (Å²) in [7, 11) is 0. The van der Waals surface area contributed by atoms with E-state index in [0.717, 1.165) is 19.5 Å². The van der Waals surface area contributed by atoms with E-state index in [2.05, 4.69) is 16.8 Å². The minimum atomic E-state index is -0.287. The number of aromatic hydroxyl groups is 1. The summed E-state index contributed by atoms with van der Waals surface area (Å²) in [5, 5.41) is 12.4. The summed E-state index contributed by atoms with van der Waals surface area (Å²) >= 11 is 0. The molecule has 1 atom stereocenters. The van der Waals surface area contributed by atoms with Crippen LogP contribution in [0.15, 0.2) is 58.3 Å². The van der Waals surface area contributed by atoms with E-state index in [4.69, 9.17) is 4.74 Å². The standard InChI is InChI=1S/C25H29N3O3/c1-3-27-15-9-10-18(27)16-26-17-21-19-11-5-6-12-20(19)24(29)28(25(21)30)22-13-7-8-14-23(22)31-4-2/h5-8,11-14,17-18,30H,3-4,9-10,15-16H2,1-2H3. The van der Waals surface area contributed by atoms with Crippen molar-refractivity contribution in [2.75, 3.05) is 26.2 Å². The van der Waals surface area contributed by atoms with Crippen LogP contribution in [0.5, 0.6) is 11.6 Å². The Labute approximate surface area is 182 Å². The lowest BCUT2D eigenvalue weighted by atomic mass is 10.1. The van der Waals surface area contributed by atoms with Gasteiger partial charge in [0.1, 0.15) is 5.75 Å². The second-order valence-electron chi connectivity index (χ2n) is 7.74. The van der Waals surface area contributed by atoms with Crippen LogP contribution in [-0.4, -0.2) is 53.1 Å². The summed E-state index contributed by atoms with van der Waals surface area (Å²) in [6.07, 6.45) is 4.05. The van der Waals surface area contributed by atoms with E-state index in [1.807, 2.05) is 37.3 Å². The normalized spacial score (nSPS) is 17.0. The van der Waals surface area contributed by atoms with Gasteiger partial charge >= 0.3 is 0 Å². The molecule has 31 heavy (non-hydrogen) atoms. The Morgan fingerprint density at radius 1 is 1.13 bits per heavy atom. The Hall–Kier alpha value is -3.12. The molecule has 1 aliphatic heterocycles. The fraction of sp³-hybridized carbons (Fsp3) is 0.360. The van der Waals surface area contributed by atoms with Crippen molar-refractivity contribution in [2.45, 2.75) is 32.7 Å². The molecule has 3 aromatic rings. The van der Waals surface area contributed by atoms with Crippen LogP contribution < -0.4 is 10.3 Å². The number of likely N-dealkylation sites (N-methyl/N-ethyl adjacent to an activating group) is 1. The van der Waals surface area contributed by atoms with Gasteiger partial charge in [-0.3, -0.25) is 14.7 Å². The van der Waals surface area contributed by atoms with E-state index in [1.54, 1.807) is 24.4 Å². The molecular weight excluding hydrogens is 390 g/mol. The molecule has 1 fully saturated rings. The molecule has 6 nitrogen and oxygen atoms in total. The van der Waals surface area contributed by atoms with Crippen molar-refractivity contribution >= 4 is 17.0 Å². The van der Waals surface area contributed by atoms with Gasteiger partial charge in [0.25, 0.3) is 5.56 Å². The molecule has 0 radical (unpaired) electrons. The quantitative estimate of drug-likeness (QED) is 0.588. The maximum atomic E-state index is 13.3. The lowest BCUT2D eigenvalue weighted by molar-refractivity contribution is 0.273. The zero-order chi connectivity index (χ0) is 21.8. The first kappa shape index (κ1) is 21.1. The first-order valence-electron chi connectivity index (χ1n) is 11.0. The Balaban J connectivity index is 1.83. The molecule has 1 saturated heterocycles. The van der Waals surface area contributed by atoms with Gasteiger partial charge in [-0.25, -0.2) is 4.57 Å². The van der Waals surface area contributed by atoms with E-state index >= 15 is 0 Å². The molecule has 0 bridgehead atoms. The van der Waals surface area contributed by atoms with Crippen molar-refractivity contribution in [1.29, 1.82) is 0 Å². The molecule has 1 aromatic heterocycles. The van der Waals surface area contributed by atoms with Crippen LogP contribution in [-0.2, 0) is 0 Å². The number of hydrogen-bond donors (Lipinski definition) is 1. The fourth-order valence-electron chi connectivity index (χ4n) is 4.42. The highest BCUT2D eigenvalue weighted by atomic mass is 16.5. The number of para-hydroxylation sites is 2. The summed E-state index contributed by atoms with van der Waals surface area (Å²) in [5.74, 6) is 0.420. The third-order valence-electron chi connectivity index (χ3n) is 5.95. The van der Waals surface area contributed by atoms with E-state index < -0.39 is 0 Å². The molecule has 4 rings (SSSR count). The van der Waals surface area contributed by atoms with Crippen LogP contribution in [0.1, 0.15) is 32.3 Å². The van der Waals surface area contributed by atoms with Crippen molar-refractivity contribution < 1.29 is 9.84 Å². The van der Waals surface area contributed by atoms with Crippen molar-refractivity contribution in [3.63, 3.8) is 0 Å². The highest BCUT2D eigenvalue weighted by Gasteiger charge is 2.22. The van der Waals surface area contributed by atoms with Gasteiger partial charge < -0.3 is 9.84 Å². The third-order valence-corrected chi connectivity index (χ3v) is 5.95. The monoisotopic (exact) mass is 419 g/mol. The number of pyridine rings is 1. The number of nitrogens with zero attached hydrogens (tertiary/aromatic N) is 3. The van der Waals surface area contributed by atoms with Crippen molar-refractivity contribution in [1.82, 2.24) is 9.47 Å². The van der Waals surface area contributed by atoms with Gasteiger partial charge in [-0.05, 0) is 51.1 Å². The third kappa shape index (κ3) is 4.08. The minimum absolute atomic E-state index is 0.127. The number of hydrogen-bond acceptors (Lipinski definition) is 5. The molecule has 162 valence electrons. The lowest BCUT2D eigenvalue weighted by Crippen LogP contribution is -2.31. The van der Waals surface area contributed by atoms with Crippen LogP contribution in [0, 0.1) is 0 Å². The van der Waals surface area contributed by atoms with Gasteiger partial charge in [-0.15, -0.1) is 0 Å².